The van der Waals surface area contributed by atoms with E-state index in [0.717, 1.165) is 17.0 Å². The van der Waals surface area contributed by atoms with Crippen molar-refractivity contribution in [3.63, 3.8) is 0 Å². The Morgan fingerprint density at radius 3 is 2.33 bits per heavy atom. The fourth-order valence-corrected chi connectivity index (χ4v) is 2.95. The average Bonchev–Trinajstić information content (AvgIpc) is 2.48. The van der Waals surface area contributed by atoms with Gasteiger partial charge in [0.2, 0.25) is 0 Å². The van der Waals surface area contributed by atoms with Crippen LogP contribution in [0.5, 0.6) is 0 Å². The highest BCUT2D eigenvalue weighted by atomic mass is 35.5. The van der Waals surface area contributed by atoms with Crippen molar-refractivity contribution in [1.82, 2.24) is 5.32 Å². The molecule has 2 aromatic rings. The molecule has 3 heteroatoms. The van der Waals surface area contributed by atoms with Gasteiger partial charge in [0.25, 0.3) is 0 Å². The molecule has 0 amide bonds. The smallest absolute Gasteiger partial charge is 0.0454 e. The molecular formula is C18H21Cl2N. The summed E-state index contributed by atoms with van der Waals surface area (Å²) in [7, 11) is 0. The molecule has 2 atom stereocenters. The summed E-state index contributed by atoms with van der Waals surface area (Å²) in [6, 6.07) is 14.7. The molecule has 0 spiro atoms. The van der Waals surface area contributed by atoms with E-state index in [1.807, 2.05) is 18.2 Å². The SMILES string of the molecule is CCC(NC(C)c1cc(Cl)ccc1Cl)c1ccc(C)cc1. The van der Waals surface area contributed by atoms with E-state index in [-0.39, 0.29) is 6.04 Å². The molecule has 0 aliphatic rings. The second-order valence-corrected chi connectivity index (χ2v) is 6.27. The Hall–Kier alpha value is -1.02. The van der Waals surface area contributed by atoms with Crippen LogP contribution in [0.2, 0.25) is 10.0 Å². The molecule has 0 bridgehead atoms. The zero-order valence-corrected chi connectivity index (χ0v) is 14.2. The zero-order chi connectivity index (χ0) is 15.4. The minimum atomic E-state index is 0.141. The standard InChI is InChI=1S/C18H21Cl2N/c1-4-18(14-7-5-12(2)6-8-14)21-13(3)16-11-15(19)9-10-17(16)20/h5-11,13,18,21H,4H2,1-3H3. The van der Waals surface area contributed by atoms with Crippen LogP contribution in [0.15, 0.2) is 42.5 Å². The number of halogens is 2. The summed E-state index contributed by atoms with van der Waals surface area (Å²) in [4.78, 5) is 0. The first-order valence-corrected chi connectivity index (χ1v) is 8.04. The van der Waals surface area contributed by atoms with Crippen molar-refractivity contribution >= 4 is 23.2 Å². The second-order valence-electron chi connectivity index (χ2n) is 5.43. The topological polar surface area (TPSA) is 12.0 Å². The predicted octanol–water partition coefficient (Wildman–Crippen LogP) is 6.10. The van der Waals surface area contributed by atoms with Crippen LogP contribution in [0.1, 0.15) is 49.0 Å². The van der Waals surface area contributed by atoms with Gasteiger partial charge in [0.15, 0.2) is 0 Å². The first-order chi connectivity index (χ1) is 10.0. The van der Waals surface area contributed by atoms with Gasteiger partial charge in [0, 0.05) is 22.1 Å². The zero-order valence-electron chi connectivity index (χ0n) is 12.7. The number of nitrogens with one attached hydrogen (secondary N) is 1. The van der Waals surface area contributed by atoms with E-state index in [9.17, 15) is 0 Å². The van der Waals surface area contributed by atoms with E-state index >= 15 is 0 Å². The Labute approximate surface area is 137 Å². The molecule has 2 aromatic carbocycles. The molecule has 21 heavy (non-hydrogen) atoms. The fraction of sp³-hybridized carbons (Fsp3) is 0.333. The molecule has 2 unspecified atom stereocenters. The summed E-state index contributed by atoms with van der Waals surface area (Å²) in [5, 5.41) is 5.11. The molecule has 0 fully saturated rings. The van der Waals surface area contributed by atoms with Crippen molar-refractivity contribution in [2.45, 2.75) is 39.3 Å². The Bertz CT molecular complexity index is 593. The van der Waals surface area contributed by atoms with E-state index in [4.69, 9.17) is 23.2 Å². The first-order valence-electron chi connectivity index (χ1n) is 7.28. The number of hydrogen-bond acceptors (Lipinski definition) is 1. The fourth-order valence-electron chi connectivity index (χ4n) is 2.49. The number of rotatable bonds is 5. The second kappa shape index (κ2) is 7.31. The lowest BCUT2D eigenvalue weighted by atomic mass is 10.0. The minimum Gasteiger partial charge on any atom is -0.303 e. The van der Waals surface area contributed by atoms with Gasteiger partial charge in [-0.2, -0.15) is 0 Å². The molecule has 1 N–H and O–H groups in total. The molecule has 0 heterocycles. The molecule has 112 valence electrons. The van der Waals surface area contributed by atoms with Crippen molar-refractivity contribution in [2.24, 2.45) is 0 Å². The largest absolute Gasteiger partial charge is 0.303 e. The minimum absolute atomic E-state index is 0.141. The van der Waals surface area contributed by atoms with Gasteiger partial charge in [-0.1, -0.05) is 60.0 Å². The molecule has 0 saturated heterocycles. The van der Waals surface area contributed by atoms with E-state index in [1.54, 1.807) is 0 Å². The Kier molecular flexibility index (Phi) is 5.69. The maximum atomic E-state index is 6.29. The van der Waals surface area contributed by atoms with Gasteiger partial charge in [-0.25, -0.2) is 0 Å². The van der Waals surface area contributed by atoms with E-state index < -0.39 is 0 Å². The normalized spacial score (nSPS) is 14.0. The summed E-state index contributed by atoms with van der Waals surface area (Å²) in [6.07, 6.45) is 1.02. The number of benzene rings is 2. The highest BCUT2D eigenvalue weighted by Crippen LogP contribution is 2.29. The lowest BCUT2D eigenvalue weighted by Crippen LogP contribution is -2.24. The summed E-state index contributed by atoms with van der Waals surface area (Å²) < 4.78 is 0. The van der Waals surface area contributed by atoms with Crippen LogP contribution in [-0.4, -0.2) is 0 Å². The third-order valence-corrected chi connectivity index (χ3v) is 4.34. The Morgan fingerprint density at radius 1 is 1.05 bits per heavy atom. The summed E-state index contributed by atoms with van der Waals surface area (Å²) in [6.45, 7) is 6.41. The van der Waals surface area contributed by atoms with Crippen LogP contribution in [0.25, 0.3) is 0 Å². The first kappa shape index (κ1) is 16.4. The third kappa shape index (κ3) is 4.23. The van der Waals surface area contributed by atoms with E-state index in [2.05, 4.69) is 50.4 Å². The number of aryl methyl sites for hydroxylation is 1. The van der Waals surface area contributed by atoms with Gasteiger partial charge in [-0.3, -0.25) is 0 Å². The molecular weight excluding hydrogens is 301 g/mol. The van der Waals surface area contributed by atoms with Crippen molar-refractivity contribution < 1.29 is 0 Å². The van der Waals surface area contributed by atoms with Crippen LogP contribution in [-0.2, 0) is 0 Å². The van der Waals surface area contributed by atoms with Gasteiger partial charge in [-0.15, -0.1) is 0 Å². The van der Waals surface area contributed by atoms with Crippen LogP contribution in [0, 0.1) is 6.92 Å². The monoisotopic (exact) mass is 321 g/mol. The predicted molar refractivity (Wildman–Crippen MR) is 92.2 cm³/mol. The van der Waals surface area contributed by atoms with Crippen LogP contribution >= 0.6 is 23.2 Å². The highest BCUT2D eigenvalue weighted by Gasteiger charge is 2.16. The molecule has 2 rings (SSSR count). The van der Waals surface area contributed by atoms with Gasteiger partial charge >= 0.3 is 0 Å². The Morgan fingerprint density at radius 2 is 1.71 bits per heavy atom. The lowest BCUT2D eigenvalue weighted by molar-refractivity contribution is 0.456. The molecule has 0 aliphatic heterocycles. The molecule has 1 nitrogen and oxygen atoms in total. The van der Waals surface area contributed by atoms with Crippen molar-refractivity contribution in [1.29, 1.82) is 0 Å². The van der Waals surface area contributed by atoms with Crippen LogP contribution in [0.4, 0.5) is 0 Å². The summed E-state index contributed by atoms with van der Waals surface area (Å²) in [5.41, 5.74) is 3.61. The molecule has 0 radical (unpaired) electrons. The molecule has 0 aromatic heterocycles. The van der Waals surface area contributed by atoms with E-state index in [0.29, 0.717) is 11.1 Å². The molecule has 0 saturated carbocycles. The van der Waals surface area contributed by atoms with Crippen molar-refractivity contribution in [3.8, 4) is 0 Å². The average molecular weight is 322 g/mol. The number of hydrogen-bond donors (Lipinski definition) is 1. The van der Waals surface area contributed by atoms with Crippen LogP contribution < -0.4 is 5.32 Å². The Balaban J connectivity index is 2.17. The lowest BCUT2D eigenvalue weighted by Gasteiger charge is -2.24. The van der Waals surface area contributed by atoms with E-state index in [1.165, 1.54) is 11.1 Å². The van der Waals surface area contributed by atoms with Gasteiger partial charge in [0.1, 0.15) is 0 Å². The third-order valence-electron chi connectivity index (χ3n) is 3.76. The van der Waals surface area contributed by atoms with Crippen LogP contribution in [0.3, 0.4) is 0 Å². The van der Waals surface area contributed by atoms with Gasteiger partial charge in [-0.05, 0) is 49.6 Å². The van der Waals surface area contributed by atoms with Gasteiger partial charge in [0.05, 0.1) is 0 Å². The molecule has 0 aliphatic carbocycles. The highest BCUT2D eigenvalue weighted by molar-refractivity contribution is 6.33. The van der Waals surface area contributed by atoms with Gasteiger partial charge < -0.3 is 5.32 Å². The quantitative estimate of drug-likeness (QED) is 0.701. The maximum absolute atomic E-state index is 6.29. The summed E-state index contributed by atoms with van der Waals surface area (Å²) in [5.74, 6) is 0. The maximum Gasteiger partial charge on any atom is 0.0454 e. The van der Waals surface area contributed by atoms with Crippen molar-refractivity contribution in [2.75, 3.05) is 0 Å². The summed E-state index contributed by atoms with van der Waals surface area (Å²) >= 11 is 12.4. The van der Waals surface area contributed by atoms with Crippen molar-refractivity contribution in [3.05, 3.63) is 69.2 Å².